The van der Waals surface area contributed by atoms with Gasteiger partial charge in [-0.3, -0.25) is 4.68 Å². The highest BCUT2D eigenvalue weighted by Gasteiger charge is 2.19. The van der Waals surface area contributed by atoms with Crippen molar-refractivity contribution in [2.24, 2.45) is 0 Å². The van der Waals surface area contributed by atoms with E-state index in [1.807, 2.05) is 12.1 Å². The van der Waals surface area contributed by atoms with Crippen molar-refractivity contribution in [2.75, 3.05) is 13.1 Å². The summed E-state index contributed by atoms with van der Waals surface area (Å²) < 4.78 is 2.12. The largest absolute Gasteiger partial charge is 0.316 e. The lowest BCUT2D eigenvalue weighted by atomic mass is 10.0. The molecule has 1 aliphatic rings. The number of benzene rings is 1. The molecule has 100 valence electrons. The van der Waals surface area contributed by atoms with Gasteiger partial charge in [-0.15, -0.1) is 0 Å². The molecule has 0 fully saturated rings. The maximum absolute atomic E-state index is 5.98. The van der Waals surface area contributed by atoms with Crippen LogP contribution in [0.25, 0.3) is 11.3 Å². The Kier molecular flexibility index (Phi) is 3.58. The zero-order chi connectivity index (χ0) is 13.2. The van der Waals surface area contributed by atoms with Crippen LogP contribution in [-0.2, 0) is 19.4 Å². The summed E-state index contributed by atoms with van der Waals surface area (Å²) in [6.45, 7) is 5.10. The lowest BCUT2D eigenvalue weighted by molar-refractivity contribution is 0.638. The highest BCUT2D eigenvalue weighted by atomic mass is 35.5. The minimum Gasteiger partial charge on any atom is -0.316 e. The standard InChI is InChI=1S/C15H18ClN3/c1-2-19-15(11-3-5-12(16)6-4-11)13-7-9-17-10-8-14(13)18-19/h3-6,17H,2,7-10H2,1H3. The molecule has 0 saturated heterocycles. The molecule has 3 rings (SSSR count). The molecule has 19 heavy (non-hydrogen) atoms. The second-order valence-electron chi connectivity index (χ2n) is 4.85. The summed E-state index contributed by atoms with van der Waals surface area (Å²) in [4.78, 5) is 0. The van der Waals surface area contributed by atoms with Crippen LogP contribution in [0, 0.1) is 0 Å². The van der Waals surface area contributed by atoms with Crippen molar-refractivity contribution < 1.29 is 0 Å². The first-order chi connectivity index (χ1) is 9.29. The fourth-order valence-corrected chi connectivity index (χ4v) is 2.84. The SMILES string of the molecule is CCn1nc2c(c1-c1ccc(Cl)cc1)CCNCC2. The van der Waals surface area contributed by atoms with E-state index in [0.717, 1.165) is 37.5 Å². The Morgan fingerprint density at radius 2 is 1.95 bits per heavy atom. The smallest absolute Gasteiger partial charge is 0.0717 e. The molecular weight excluding hydrogens is 258 g/mol. The molecule has 0 aliphatic carbocycles. The summed E-state index contributed by atoms with van der Waals surface area (Å²) >= 11 is 5.98. The second-order valence-corrected chi connectivity index (χ2v) is 5.28. The summed E-state index contributed by atoms with van der Waals surface area (Å²) in [5.74, 6) is 0. The Morgan fingerprint density at radius 1 is 1.21 bits per heavy atom. The van der Waals surface area contributed by atoms with Gasteiger partial charge in [-0.1, -0.05) is 23.7 Å². The summed E-state index contributed by atoms with van der Waals surface area (Å²) in [5.41, 5.74) is 5.12. The Morgan fingerprint density at radius 3 is 2.68 bits per heavy atom. The van der Waals surface area contributed by atoms with Crippen LogP contribution in [0.3, 0.4) is 0 Å². The van der Waals surface area contributed by atoms with Crippen molar-refractivity contribution in [1.82, 2.24) is 15.1 Å². The topological polar surface area (TPSA) is 29.9 Å². The van der Waals surface area contributed by atoms with Crippen LogP contribution in [0.1, 0.15) is 18.2 Å². The molecule has 2 heterocycles. The highest BCUT2D eigenvalue weighted by Crippen LogP contribution is 2.29. The molecule has 1 aliphatic heterocycles. The third-order valence-electron chi connectivity index (χ3n) is 3.64. The van der Waals surface area contributed by atoms with E-state index in [4.69, 9.17) is 16.7 Å². The van der Waals surface area contributed by atoms with Crippen molar-refractivity contribution in [3.63, 3.8) is 0 Å². The lowest BCUT2D eigenvalue weighted by Crippen LogP contribution is -2.17. The average molecular weight is 276 g/mol. The van der Waals surface area contributed by atoms with E-state index in [1.165, 1.54) is 22.5 Å². The van der Waals surface area contributed by atoms with Gasteiger partial charge in [-0.05, 0) is 32.0 Å². The minimum atomic E-state index is 0.777. The van der Waals surface area contributed by atoms with E-state index in [2.05, 4.69) is 29.1 Å². The highest BCUT2D eigenvalue weighted by molar-refractivity contribution is 6.30. The van der Waals surface area contributed by atoms with Gasteiger partial charge >= 0.3 is 0 Å². The van der Waals surface area contributed by atoms with Gasteiger partial charge in [0.2, 0.25) is 0 Å². The van der Waals surface area contributed by atoms with Crippen LogP contribution >= 0.6 is 11.6 Å². The predicted molar refractivity (Wildman–Crippen MR) is 78.6 cm³/mol. The van der Waals surface area contributed by atoms with Gasteiger partial charge < -0.3 is 5.32 Å². The minimum absolute atomic E-state index is 0.777. The molecule has 2 aromatic rings. The van der Waals surface area contributed by atoms with Crippen LogP contribution in [0.2, 0.25) is 5.02 Å². The maximum atomic E-state index is 5.98. The first-order valence-electron chi connectivity index (χ1n) is 6.85. The van der Waals surface area contributed by atoms with E-state index in [1.54, 1.807) is 0 Å². The molecule has 0 atom stereocenters. The van der Waals surface area contributed by atoms with E-state index in [0.29, 0.717) is 0 Å². The van der Waals surface area contributed by atoms with Crippen LogP contribution in [0.5, 0.6) is 0 Å². The van der Waals surface area contributed by atoms with Crippen molar-refractivity contribution in [3.8, 4) is 11.3 Å². The number of halogens is 1. The van der Waals surface area contributed by atoms with Crippen LogP contribution in [0.4, 0.5) is 0 Å². The molecule has 4 heteroatoms. The monoisotopic (exact) mass is 275 g/mol. The first kappa shape index (κ1) is 12.7. The maximum Gasteiger partial charge on any atom is 0.0717 e. The second kappa shape index (κ2) is 5.35. The molecule has 0 amide bonds. The lowest BCUT2D eigenvalue weighted by Gasteiger charge is -2.08. The fraction of sp³-hybridized carbons (Fsp3) is 0.400. The molecule has 3 nitrogen and oxygen atoms in total. The van der Waals surface area contributed by atoms with Crippen LogP contribution in [0.15, 0.2) is 24.3 Å². The molecule has 1 aromatic carbocycles. The number of nitrogens with one attached hydrogen (secondary N) is 1. The van der Waals surface area contributed by atoms with Gasteiger partial charge in [-0.25, -0.2) is 0 Å². The molecule has 0 unspecified atom stereocenters. The first-order valence-corrected chi connectivity index (χ1v) is 7.22. The van der Waals surface area contributed by atoms with Crippen LogP contribution in [-0.4, -0.2) is 22.9 Å². The van der Waals surface area contributed by atoms with Gasteiger partial charge in [0, 0.05) is 35.7 Å². The fourth-order valence-electron chi connectivity index (χ4n) is 2.72. The number of aromatic nitrogens is 2. The van der Waals surface area contributed by atoms with Crippen LogP contribution < -0.4 is 5.32 Å². The molecule has 0 radical (unpaired) electrons. The molecule has 0 saturated carbocycles. The predicted octanol–water partition coefficient (Wildman–Crippen LogP) is 2.91. The molecule has 1 N–H and O–H groups in total. The van der Waals surface area contributed by atoms with Crippen molar-refractivity contribution >= 4 is 11.6 Å². The Labute approximate surface area is 118 Å². The number of fused-ring (bicyclic) bond motifs is 1. The average Bonchev–Trinajstić information content (AvgIpc) is 2.62. The van der Waals surface area contributed by atoms with Gasteiger partial charge in [-0.2, -0.15) is 5.10 Å². The van der Waals surface area contributed by atoms with E-state index >= 15 is 0 Å². The molecule has 1 aromatic heterocycles. The van der Waals surface area contributed by atoms with Crippen molar-refractivity contribution in [2.45, 2.75) is 26.3 Å². The van der Waals surface area contributed by atoms with Gasteiger partial charge in [0.25, 0.3) is 0 Å². The Hall–Kier alpha value is -1.32. The number of aryl methyl sites for hydroxylation is 1. The Balaban J connectivity index is 2.13. The zero-order valence-corrected chi connectivity index (χ0v) is 11.9. The van der Waals surface area contributed by atoms with E-state index < -0.39 is 0 Å². The summed E-state index contributed by atoms with van der Waals surface area (Å²) in [6, 6.07) is 8.07. The third kappa shape index (κ3) is 2.40. The normalized spacial score (nSPS) is 15.1. The summed E-state index contributed by atoms with van der Waals surface area (Å²) in [7, 11) is 0. The summed E-state index contributed by atoms with van der Waals surface area (Å²) in [5, 5.41) is 8.98. The van der Waals surface area contributed by atoms with E-state index in [9.17, 15) is 0 Å². The number of nitrogens with zero attached hydrogens (tertiary/aromatic N) is 2. The molecule has 0 bridgehead atoms. The van der Waals surface area contributed by atoms with E-state index in [-0.39, 0.29) is 0 Å². The molecular formula is C15H18ClN3. The third-order valence-corrected chi connectivity index (χ3v) is 3.89. The summed E-state index contributed by atoms with van der Waals surface area (Å²) in [6.07, 6.45) is 2.07. The number of rotatable bonds is 2. The quantitative estimate of drug-likeness (QED) is 0.913. The zero-order valence-electron chi connectivity index (χ0n) is 11.1. The number of hydrogen-bond acceptors (Lipinski definition) is 2. The van der Waals surface area contributed by atoms with Crippen molar-refractivity contribution in [1.29, 1.82) is 0 Å². The van der Waals surface area contributed by atoms with Gasteiger partial charge in [0.1, 0.15) is 0 Å². The van der Waals surface area contributed by atoms with Gasteiger partial charge in [0.05, 0.1) is 11.4 Å². The Bertz CT molecular complexity index is 572. The number of hydrogen-bond donors (Lipinski definition) is 1. The van der Waals surface area contributed by atoms with Gasteiger partial charge in [0.15, 0.2) is 0 Å². The molecule has 0 spiro atoms. The van der Waals surface area contributed by atoms with Crippen molar-refractivity contribution in [3.05, 3.63) is 40.5 Å².